The third-order valence-electron chi connectivity index (χ3n) is 3.41. The highest BCUT2D eigenvalue weighted by Gasteiger charge is 2.26. The van der Waals surface area contributed by atoms with Crippen molar-refractivity contribution in [3.63, 3.8) is 0 Å². The van der Waals surface area contributed by atoms with E-state index in [-0.39, 0.29) is 18.9 Å². The maximum atomic E-state index is 11.7. The molecule has 1 fully saturated rings. The van der Waals surface area contributed by atoms with Gasteiger partial charge in [-0.2, -0.15) is 4.98 Å². The number of hydrogen-bond donors (Lipinski definition) is 3. The summed E-state index contributed by atoms with van der Waals surface area (Å²) in [5.74, 6) is -1.45. The average Bonchev–Trinajstić information content (AvgIpc) is 3.32. The highest BCUT2D eigenvalue weighted by Crippen LogP contribution is 2.18. The Kier molecular flexibility index (Phi) is 4.97. The standard InChI is InChI=1S/C15H16N6O4/c22-11(19-20-15(24)14(23)17-10-1-2-10)3-4-12-18-13(21-25-12)9-5-7-16-8-6-9/h5-8,10H,1-4H2,(H,17,23)(H,19,22)(H,20,24). The van der Waals surface area contributed by atoms with Crippen molar-refractivity contribution in [3.8, 4) is 11.4 Å². The topological polar surface area (TPSA) is 139 Å². The molecule has 0 saturated heterocycles. The van der Waals surface area contributed by atoms with Gasteiger partial charge in [0.15, 0.2) is 0 Å². The minimum atomic E-state index is -0.905. The normalized spacial score (nSPS) is 13.1. The van der Waals surface area contributed by atoms with E-state index in [1.54, 1.807) is 24.5 Å². The van der Waals surface area contributed by atoms with Gasteiger partial charge in [0.2, 0.25) is 17.6 Å². The largest absolute Gasteiger partial charge is 0.345 e. The number of rotatable bonds is 5. The van der Waals surface area contributed by atoms with Crippen molar-refractivity contribution in [2.24, 2.45) is 0 Å². The minimum absolute atomic E-state index is 0.0164. The van der Waals surface area contributed by atoms with Crippen molar-refractivity contribution < 1.29 is 18.9 Å². The smallest absolute Gasteiger partial charge is 0.327 e. The molecule has 1 saturated carbocycles. The van der Waals surface area contributed by atoms with Crippen molar-refractivity contribution >= 4 is 17.7 Å². The molecule has 0 atom stereocenters. The SMILES string of the molecule is O=C(CCc1nc(-c2ccncc2)no1)NNC(=O)C(=O)NC1CC1. The molecular weight excluding hydrogens is 328 g/mol. The molecule has 1 aliphatic rings. The average molecular weight is 344 g/mol. The van der Waals surface area contributed by atoms with Gasteiger partial charge in [0.1, 0.15) is 0 Å². The molecule has 2 heterocycles. The maximum Gasteiger partial charge on any atom is 0.327 e. The molecule has 10 heteroatoms. The predicted octanol–water partition coefficient (Wildman–Crippen LogP) is -0.510. The Morgan fingerprint density at radius 3 is 2.60 bits per heavy atom. The summed E-state index contributed by atoms with van der Waals surface area (Å²) in [4.78, 5) is 42.7. The summed E-state index contributed by atoms with van der Waals surface area (Å²) in [5, 5.41) is 6.34. The highest BCUT2D eigenvalue weighted by atomic mass is 16.5. The second kappa shape index (κ2) is 7.51. The summed E-state index contributed by atoms with van der Waals surface area (Å²) in [6, 6.07) is 3.55. The van der Waals surface area contributed by atoms with Gasteiger partial charge in [-0.05, 0) is 25.0 Å². The fraction of sp³-hybridized carbons (Fsp3) is 0.333. The van der Waals surface area contributed by atoms with Gasteiger partial charge in [-0.1, -0.05) is 5.16 Å². The first-order valence-corrected chi connectivity index (χ1v) is 7.74. The zero-order valence-electron chi connectivity index (χ0n) is 13.2. The molecule has 0 spiro atoms. The van der Waals surface area contributed by atoms with Crippen LogP contribution in [0.1, 0.15) is 25.2 Å². The Hall–Kier alpha value is -3.30. The Morgan fingerprint density at radius 2 is 1.88 bits per heavy atom. The lowest BCUT2D eigenvalue weighted by Crippen LogP contribution is -2.49. The number of hydrogen-bond acceptors (Lipinski definition) is 7. The third-order valence-corrected chi connectivity index (χ3v) is 3.41. The molecule has 0 bridgehead atoms. The van der Waals surface area contributed by atoms with E-state index in [4.69, 9.17) is 4.52 Å². The summed E-state index contributed by atoms with van der Waals surface area (Å²) < 4.78 is 5.07. The van der Waals surface area contributed by atoms with E-state index in [0.29, 0.717) is 11.7 Å². The van der Waals surface area contributed by atoms with Crippen LogP contribution in [-0.4, -0.2) is 38.9 Å². The molecule has 130 valence electrons. The van der Waals surface area contributed by atoms with E-state index >= 15 is 0 Å². The molecule has 1 aliphatic carbocycles. The summed E-state index contributed by atoms with van der Waals surface area (Å²) in [5.41, 5.74) is 4.98. The number of hydrazine groups is 1. The van der Waals surface area contributed by atoms with Crippen LogP contribution >= 0.6 is 0 Å². The lowest BCUT2D eigenvalue weighted by Gasteiger charge is -2.06. The molecule has 0 unspecified atom stereocenters. The van der Waals surface area contributed by atoms with Crippen LogP contribution in [0.4, 0.5) is 0 Å². The molecule has 0 aromatic carbocycles. The molecular formula is C15H16N6O4. The van der Waals surface area contributed by atoms with Crippen molar-refractivity contribution in [2.45, 2.75) is 31.7 Å². The van der Waals surface area contributed by atoms with Crippen LogP contribution in [0.5, 0.6) is 0 Å². The molecule has 10 nitrogen and oxygen atoms in total. The van der Waals surface area contributed by atoms with Crippen LogP contribution < -0.4 is 16.2 Å². The highest BCUT2D eigenvalue weighted by molar-refractivity contribution is 6.35. The quantitative estimate of drug-likeness (QED) is 0.490. The van der Waals surface area contributed by atoms with Gasteiger partial charge in [-0.3, -0.25) is 30.2 Å². The van der Waals surface area contributed by atoms with E-state index in [2.05, 4.69) is 31.3 Å². The number of pyridine rings is 1. The summed E-state index contributed by atoms with van der Waals surface area (Å²) >= 11 is 0. The second-order valence-electron chi connectivity index (χ2n) is 5.50. The molecule has 2 aromatic heterocycles. The minimum Gasteiger partial charge on any atom is -0.345 e. The first kappa shape index (κ1) is 16.6. The molecule has 3 N–H and O–H groups in total. The Morgan fingerprint density at radius 1 is 1.12 bits per heavy atom. The number of aromatic nitrogens is 3. The van der Waals surface area contributed by atoms with Gasteiger partial charge in [0, 0.05) is 36.8 Å². The fourth-order valence-corrected chi connectivity index (χ4v) is 1.92. The van der Waals surface area contributed by atoms with E-state index < -0.39 is 17.7 Å². The lowest BCUT2D eigenvalue weighted by atomic mass is 10.2. The van der Waals surface area contributed by atoms with Crippen molar-refractivity contribution in [2.75, 3.05) is 0 Å². The molecule has 0 radical (unpaired) electrons. The van der Waals surface area contributed by atoms with Crippen LogP contribution in [0.2, 0.25) is 0 Å². The van der Waals surface area contributed by atoms with Crippen LogP contribution in [0.15, 0.2) is 29.0 Å². The van der Waals surface area contributed by atoms with E-state index in [0.717, 1.165) is 18.4 Å². The van der Waals surface area contributed by atoms with Gasteiger partial charge in [-0.15, -0.1) is 0 Å². The number of aryl methyl sites for hydroxylation is 1. The van der Waals surface area contributed by atoms with Crippen molar-refractivity contribution in [1.29, 1.82) is 0 Å². The summed E-state index contributed by atoms with van der Waals surface area (Å²) in [7, 11) is 0. The zero-order chi connectivity index (χ0) is 17.6. The zero-order valence-corrected chi connectivity index (χ0v) is 13.2. The molecule has 25 heavy (non-hydrogen) atoms. The molecule has 3 rings (SSSR count). The Bertz CT molecular complexity index is 771. The van der Waals surface area contributed by atoms with Gasteiger partial charge in [-0.25, -0.2) is 0 Å². The van der Waals surface area contributed by atoms with Gasteiger partial charge < -0.3 is 9.84 Å². The maximum absolute atomic E-state index is 11.7. The van der Waals surface area contributed by atoms with Crippen LogP contribution in [0, 0.1) is 0 Å². The number of nitrogens with one attached hydrogen (secondary N) is 3. The van der Waals surface area contributed by atoms with Crippen molar-refractivity contribution in [3.05, 3.63) is 30.4 Å². The lowest BCUT2D eigenvalue weighted by molar-refractivity contribution is -0.141. The number of carbonyl (C=O) groups excluding carboxylic acids is 3. The Labute approximate surface area is 142 Å². The molecule has 0 aliphatic heterocycles. The van der Waals surface area contributed by atoms with Crippen LogP contribution in [-0.2, 0) is 20.8 Å². The first-order chi connectivity index (χ1) is 12.1. The number of amides is 3. The van der Waals surface area contributed by atoms with Gasteiger partial charge in [0.05, 0.1) is 0 Å². The monoisotopic (exact) mass is 344 g/mol. The van der Waals surface area contributed by atoms with Crippen LogP contribution in [0.3, 0.4) is 0 Å². The summed E-state index contributed by atoms with van der Waals surface area (Å²) in [6.45, 7) is 0. The Balaban J connectivity index is 1.41. The van der Waals surface area contributed by atoms with E-state index in [1.807, 2.05) is 0 Å². The molecule has 2 aromatic rings. The van der Waals surface area contributed by atoms with Gasteiger partial charge in [0.25, 0.3) is 0 Å². The first-order valence-electron chi connectivity index (χ1n) is 7.74. The number of carbonyl (C=O) groups is 3. The van der Waals surface area contributed by atoms with E-state index in [1.165, 1.54) is 0 Å². The summed E-state index contributed by atoms with van der Waals surface area (Å²) in [6.07, 6.45) is 5.19. The van der Waals surface area contributed by atoms with E-state index in [9.17, 15) is 14.4 Å². The number of nitrogens with zero attached hydrogens (tertiary/aromatic N) is 3. The van der Waals surface area contributed by atoms with Gasteiger partial charge >= 0.3 is 11.8 Å². The van der Waals surface area contributed by atoms with Crippen LogP contribution in [0.25, 0.3) is 11.4 Å². The fourth-order valence-electron chi connectivity index (χ4n) is 1.92. The predicted molar refractivity (Wildman–Crippen MR) is 83.3 cm³/mol. The third kappa shape index (κ3) is 4.83. The van der Waals surface area contributed by atoms with Crippen molar-refractivity contribution in [1.82, 2.24) is 31.3 Å². The second-order valence-corrected chi connectivity index (χ2v) is 5.50. The molecule has 3 amide bonds.